The van der Waals surface area contributed by atoms with Crippen LogP contribution < -0.4 is 5.32 Å². The lowest BCUT2D eigenvalue weighted by Gasteiger charge is -2.42. The number of nitrogens with one attached hydrogen (secondary N) is 1. The van der Waals surface area contributed by atoms with Gasteiger partial charge >= 0.3 is 0 Å². The molecule has 18 heavy (non-hydrogen) atoms. The highest BCUT2D eigenvalue weighted by Crippen LogP contribution is 2.33. The minimum atomic E-state index is -0.109. The highest BCUT2D eigenvalue weighted by atomic mass is 16.3. The van der Waals surface area contributed by atoms with Gasteiger partial charge in [0.05, 0.1) is 6.61 Å². The highest BCUT2D eigenvalue weighted by Gasteiger charge is 2.36. The molecule has 0 bridgehead atoms. The van der Waals surface area contributed by atoms with Gasteiger partial charge < -0.3 is 15.5 Å². The van der Waals surface area contributed by atoms with E-state index in [2.05, 4.69) is 26.1 Å². The van der Waals surface area contributed by atoms with Crippen LogP contribution in [0.25, 0.3) is 0 Å². The third-order valence-electron chi connectivity index (χ3n) is 5.07. The number of rotatable bonds is 7. The fraction of sp³-hybridized carbons (Fsp3) is 1.00. The van der Waals surface area contributed by atoms with E-state index >= 15 is 0 Å². The molecule has 1 aliphatic rings. The Morgan fingerprint density at radius 3 is 2.39 bits per heavy atom. The second-order valence-corrected chi connectivity index (χ2v) is 6.36. The molecular weight excluding hydrogens is 226 g/mol. The molecule has 2 atom stereocenters. The normalized spacial score (nSPS) is 29.5. The monoisotopic (exact) mass is 257 g/mol. The summed E-state index contributed by atoms with van der Waals surface area (Å²) in [6.45, 7) is 7.79. The molecule has 3 N–H and O–H groups in total. The molecule has 108 valence electrons. The van der Waals surface area contributed by atoms with Gasteiger partial charge in [-0.3, -0.25) is 0 Å². The smallest absolute Gasteiger partial charge is 0.0613 e. The quantitative estimate of drug-likeness (QED) is 0.656. The van der Waals surface area contributed by atoms with Crippen LogP contribution in [0.4, 0.5) is 0 Å². The Kier molecular flexibility index (Phi) is 6.09. The first kappa shape index (κ1) is 15.9. The SMILES string of the molecule is CCC(CC)(CO)CNC1(CO)CCCC(C)C1. The lowest BCUT2D eigenvalue weighted by Crippen LogP contribution is -2.55. The maximum atomic E-state index is 9.75. The Labute approximate surface area is 112 Å². The molecular formula is C15H31NO2. The van der Waals surface area contributed by atoms with E-state index in [1.54, 1.807) is 0 Å². The zero-order valence-corrected chi connectivity index (χ0v) is 12.3. The molecule has 0 radical (unpaired) electrons. The molecule has 0 aromatic carbocycles. The summed E-state index contributed by atoms with van der Waals surface area (Å²) < 4.78 is 0. The molecule has 0 saturated heterocycles. The van der Waals surface area contributed by atoms with Crippen molar-refractivity contribution in [3.63, 3.8) is 0 Å². The highest BCUT2D eigenvalue weighted by molar-refractivity contribution is 4.94. The van der Waals surface area contributed by atoms with Crippen LogP contribution in [-0.2, 0) is 0 Å². The molecule has 3 nitrogen and oxygen atoms in total. The van der Waals surface area contributed by atoms with E-state index in [1.165, 1.54) is 12.8 Å². The maximum absolute atomic E-state index is 9.75. The van der Waals surface area contributed by atoms with Gasteiger partial charge in [0, 0.05) is 24.1 Å². The predicted octanol–water partition coefficient (Wildman–Crippen LogP) is 2.32. The lowest BCUT2D eigenvalue weighted by atomic mass is 9.75. The topological polar surface area (TPSA) is 52.5 Å². The van der Waals surface area contributed by atoms with Gasteiger partial charge in [0.1, 0.15) is 0 Å². The summed E-state index contributed by atoms with van der Waals surface area (Å²) in [5.41, 5.74) is -0.134. The summed E-state index contributed by atoms with van der Waals surface area (Å²) in [5, 5.41) is 23.0. The number of hydrogen-bond acceptors (Lipinski definition) is 3. The first-order valence-corrected chi connectivity index (χ1v) is 7.52. The second kappa shape index (κ2) is 6.88. The molecule has 0 aromatic rings. The van der Waals surface area contributed by atoms with Gasteiger partial charge in [0.2, 0.25) is 0 Å². The van der Waals surface area contributed by atoms with Crippen LogP contribution in [0.15, 0.2) is 0 Å². The van der Waals surface area contributed by atoms with Gasteiger partial charge in [-0.25, -0.2) is 0 Å². The van der Waals surface area contributed by atoms with Crippen molar-refractivity contribution in [2.24, 2.45) is 11.3 Å². The zero-order valence-electron chi connectivity index (χ0n) is 12.3. The lowest BCUT2D eigenvalue weighted by molar-refractivity contribution is 0.0598. The molecule has 0 spiro atoms. The fourth-order valence-electron chi connectivity index (χ4n) is 3.17. The van der Waals surface area contributed by atoms with Crippen LogP contribution in [0.2, 0.25) is 0 Å². The standard InChI is InChI=1S/C15H31NO2/c1-4-14(5-2,11-17)10-16-15(12-18)8-6-7-13(3)9-15/h13,16-18H,4-12H2,1-3H3. The van der Waals surface area contributed by atoms with Crippen LogP contribution in [0.1, 0.15) is 59.3 Å². The van der Waals surface area contributed by atoms with E-state index in [9.17, 15) is 10.2 Å². The van der Waals surface area contributed by atoms with Crippen molar-refractivity contribution in [3.8, 4) is 0 Å². The molecule has 1 rings (SSSR count). The van der Waals surface area contributed by atoms with Crippen molar-refractivity contribution in [2.75, 3.05) is 19.8 Å². The average molecular weight is 257 g/mol. The molecule has 0 heterocycles. The van der Waals surface area contributed by atoms with Crippen LogP contribution in [0.5, 0.6) is 0 Å². The van der Waals surface area contributed by atoms with Gasteiger partial charge in [-0.1, -0.05) is 33.6 Å². The largest absolute Gasteiger partial charge is 0.396 e. The van der Waals surface area contributed by atoms with E-state index in [1.807, 2.05) is 0 Å². The number of hydrogen-bond donors (Lipinski definition) is 3. The summed E-state index contributed by atoms with van der Waals surface area (Å²) in [7, 11) is 0. The first-order valence-electron chi connectivity index (χ1n) is 7.52. The second-order valence-electron chi connectivity index (χ2n) is 6.36. The summed E-state index contributed by atoms with van der Waals surface area (Å²) in [6, 6.07) is 0. The van der Waals surface area contributed by atoms with Gasteiger partial charge in [0.15, 0.2) is 0 Å². The average Bonchev–Trinajstić information content (AvgIpc) is 2.41. The summed E-state index contributed by atoms with van der Waals surface area (Å²) in [6.07, 6.45) is 6.53. The van der Waals surface area contributed by atoms with E-state index in [4.69, 9.17) is 0 Å². The van der Waals surface area contributed by atoms with E-state index in [0.717, 1.165) is 32.2 Å². The van der Waals surface area contributed by atoms with E-state index in [0.29, 0.717) is 5.92 Å². The predicted molar refractivity (Wildman–Crippen MR) is 75.6 cm³/mol. The van der Waals surface area contributed by atoms with Gasteiger partial charge in [-0.2, -0.15) is 0 Å². The van der Waals surface area contributed by atoms with Gasteiger partial charge in [-0.15, -0.1) is 0 Å². The van der Waals surface area contributed by atoms with Crippen LogP contribution in [0.3, 0.4) is 0 Å². The van der Waals surface area contributed by atoms with Crippen LogP contribution in [0, 0.1) is 11.3 Å². The van der Waals surface area contributed by atoms with Crippen LogP contribution >= 0.6 is 0 Å². The van der Waals surface area contributed by atoms with Crippen molar-refractivity contribution in [1.29, 1.82) is 0 Å². The Morgan fingerprint density at radius 1 is 1.28 bits per heavy atom. The first-order chi connectivity index (χ1) is 8.55. The van der Waals surface area contributed by atoms with Crippen LogP contribution in [-0.4, -0.2) is 35.5 Å². The molecule has 1 saturated carbocycles. The Balaban J connectivity index is 2.62. The molecule has 0 amide bonds. The maximum Gasteiger partial charge on any atom is 0.0613 e. The van der Waals surface area contributed by atoms with Crippen molar-refractivity contribution >= 4 is 0 Å². The van der Waals surface area contributed by atoms with Crippen molar-refractivity contribution in [2.45, 2.75) is 64.8 Å². The van der Waals surface area contributed by atoms with E-state index < -0.39 is 0 Å². The van der Waals surface area contributed by atoms with Crippen molar-refractivity contribution in [1.82, 2.24) is 5.32 Å². The molecule has 3 heteroatoms. The summed E-state index contributed by atoms with van der Waals surface area (Å²) in [4.78, 5) is 0. The zero-order chi connectivity index (χ0) is 13.6. The Bertz CT molecular complexity index is 232. The van der Waals surface area contributed by atoms with E-state index in [-0.39, 0.29) is 24.2 Å². The number of aliphatic hydroxyl groups excluding tert-OH is 2. The third-order valence-corrected chi connectivity index (χ3v) is 5.07. The molecule has 2 unspecified atom stereocenters. The Morgan fingerprint density at radius 2 is 1.94 bits per heavy atom. The molecule has 1 aliphatic carbocycles. The molecule has 0 aromatic heterocycles. The summed E-state index contributed by atoms with van der Waals surface area (Å²) in [5.74, 6) is 0.685. The molecule has 1 fully saturated rings. The van der Waals surface area contributed by atoms with Gasteiger partial charge in [-0.05, 0) is 31.6 Å². The van der Waals surface area contributed by atoms with Crippen molar-refractivity contribution in [3.05, 3.63) is 0 Å². The van der Waals surface area contributed by atoms with Crippen molar-refractivity contribution < 1.29 is 10.2 Å². The third kappa shape index (κ3) is 3.69. The Hall–Kier alpha value is -0.120. The molecule has 0 aliphatic heterocycles. The fourth-order valence-corrected chi connectivity index (χ4v) is 3.17. The minimum absolute atomic E-state index is 0.0249. The number of aliphatic hydroxyl groups is 2. The summed E-state index contributed by atoms with van der Waals surface area (Å²) >= 11 is 0. The van der Waals surface area contributed by atoms with Gasteiger partial charge in [0.25, 0.3) is 0 Å². The minimum Gasteiger partial charge on any atom is -0.396 e.